The van der Waals surface area contributed by atoms with Crippen molar-refractivity contribution in [3.8, 4) is 11.4 Å². The summed E-state index contributed by atoms with van der Waals surface area (Å²) in [7, 11) is 0. The average Bonchev–Trinajstić information content (AvgIpc) is 3.02. The Morgan fingerprint density at radius 1 is 1.08 bits per heavy atom. The van der Waals surface area contributed by atoms with Crippen LogP contribution in [-0.2, 0) is 0 Å². The summed E-state index contributed by atoms with van der Waals surface area (Å²) in [5.41, 5.74) is 1.24. The van der Waals surface area contributed by atoms with Gasteiger partial charge in [-0.3, -0.25) is 0 Å². The molecule has 0 bridgehead atoms. The van der Waals surface area contributed by atoms with E-state index >= 15 is 0 Å². The summed E-state index contributed by atoms with van der Waals surface area (Å²) < 4.78 is 47.7. The van der Waals surface area contributed by atoms with E-state index in [1.165, 1.54) is 17.1 Å². The van der Waals surface area contributed by atoms with E-state index in [1.807, 2.05) is 6.92 Å². The first-order valence-electron chi connectivity index (χ1n) is 7.94. The van der Waals surface area contributed by atoms with Gasteiger partial charge in [-0.15, -0.1) is 5.10 Å². The molecule has 1 heterocycles. The molecule has 3 aromatic rings. The quantitative estimate of drug-likeness (QED) is 0.725. The normalized spacial score (nSPS) is 11.0. The van der Waals surface area contributed by atoms with Gasteiger partial charge < -0.3 is 10.1 Å². The fourth-order valence-electron chi connectivity index (χ4n) is 2.36. The van der Waals surface area contributed by atoms with E-state index in [9.17, 15) is 13.2 Å². The van der Waals surface area contributed by atoms with Crippen LogP contribution in [0.25, 0.3) is 5.69 Å². The molecule has 1 N–H and O–H groups in total. The van der Waals surface area contributed by atoms with Crippen LogP contribution in [0.2, 0.25) is 0 Å². The Morgan fingerprint density at radius 3 is 2.54 bits per heavy atom. The Bertz CT molecular complexity index is 940. The van der Waals surface area contributed by atoms with Crippen LogP contribution in [0.4, 0.5) is 24.8 Å². The third-order valence-corrected chi connectivity index (χ3v) is 3.45. The fourth-order valence-corrected chi connectivity index (χ4v) is 2.36. The average molecular weight is 362 g/mol. The fraction of sp³-hybridized carbons (Fsp3) is 0.222. The van der Waals surface area contributed by atoms with Crippen LogP contribution in [0.1, 0.15) is 19.4 Å². The molecule has 3 rings (SSSR count). The van der Waals surface area contributed by atoms with E-state index in [-0.39, 0.29) is 29.2 Å². The summed E-state index contributed by atoms with van der Waals surface area (Å²) in [5.74, 6) is -2.27. The minimum absolute atomic E-state index is 0.106. The van der Waals surface area contributed by atoms with Crippen LogP contribution >= 0.6 is 0 Å². The molecule has 8 heteroatoms. The molecule has 136 valence electrons. The number of aromatic nitrogens is 3. The molecule has 0 atom stereocenters. The van der Waals surface area contributed by atoms with Crippen LogP contribution < -0.4 is 10.1 Å². The number of anilines is 2. The second-order valence-electron chi connectivity index (χ2n) is 6.03. The second-order valence-corrected chi connectivity index (χ2v) is 6.03. The summed E-state index contributed by atoms with van der Waals surface area (Å²) >= 11 is 0. The first-order chi connectivity index (χ1) is 12.3. The van der Waals surface area contributed by atoms with Crippen molar-refractivity contribution in [3.05, 3.63) is 59.7 Å². The molecule has 0 aliphatic carbocycles. The van der Waals surface area contributed by atoms with Crippen molar-refractivity contribution in [2.24, 2.45) is 0 Å². The largest absolute Gasteiger partial charge is 0.488 e. The maximum Gasteiger partial charge on any atom is 0.247 e. The van der Waals surface area contributed by atoms with Crippen molar-refractivity contribution >= 4 is 11.6 Å². The van der Waals surface area contributed by atoms with E-state index in [1.54, 1.807) is 26.0 Å². The van der Waals surface area contributed by atoms with Crippen molar-refractivity contribution in [2.75, 3.05) is 5.32 Å². The summed E-state index contributed by atoms with van der Waals surface area (Å²) in [6.45, 7) is 5.42. The molecule has 0 fully saturated rings. The lowest BCUT2D eigenvalue weighted by Gasteiger charge is -2.14. The Hall–Kier alpha value is -3.03. The van der Waals surface area contributed by atoms with Crippen LogP contribution in [0.3, 0.4) is 0 Å². The first-order valence-corrected chi connectivity index (χ1v) is 7.94. The third-order valence-electron chi connectivity index (χ3n) is 3.45. The number of nitrogens with zero attached hydrogens (tertiary/aromatic N) is 3. The molecule has 0 aliphatic rings. The first kappa shape index (κ1) is 17.8. The Kier molecular flexibility index (Phi) is 4.83. The molecular weight excluding hydrogens is 345 g/mol. The predicted octanol–water partition coefficient (Wildman–Crippen LogP) is 4.52. The van der Waals surface area contributed by atoms with Crippen molar-refractivity contribution in [2.45, 2.75) is 26.9 Å². The van der Waals surface area contributed by atoms with Crippen molar-refractivity contribution in [3.63, 3.8) is 0 Å². The highest BCUT2D eigenvalue weighted by Crippen LogP contribution is 2.29. The van der Waals surface area contributed by atoms with Gasteiger partial charge in [-0.05, 0) is 50.6 Å². The van der Waals surface area contributed by atoms with Crippen molar-refractivity contribution < 1.29 is 17.9 Å². The lowest BCUT2D eigenvalue weighted by atomic mass is 10.2. The number of nitrogens with one attached hydrogen (secondary N) is 1. The summed E-state index contributed by atoms with van der Waals surface area (Å²) in [4.78, 5) is 4.02. The topological polar surface area (TPSA) is 52.0 Å². The predicted molar refractivity (Wildman–Crippen MR) is 91.5 cm³/mol. The monoisotopic (exact) mass is 362 g/mol. The van der Waals surface area contributed by atoms with Gasteiger partial charge in [0.2, 0.25) is 5.95 Å². The Morgan fingerprint density at radius 2 is 1.85 bits per heavy atom. The third kappa shape index (κ3) is 3.79. The standard InChI is InChI=1S/C18H17F3N4O/c1-10(2)26-16-7-11(3)6-15(17(16)21)23-18-22-9-25(24-18)12-4-5-13(19)14(20)8-12/h4-10H,1-3H3,(H,23,24). The Labute approximate surface area is 148 Å². The van der Waals surface area contributed by atoms with Crippen molar-refractivity contribution in [1.29, 1.82) is 0 Å². The van der Waals surface area contributed by atoms with Crippen LogP contribution in [0.15, 0.2) is 36.7 Å². The van der Waals surface area contributed by atoms with Crippen LogP contribution in [0, 0.1) is 24.4 Å². The Balaban J connectivity index is 1.87. The van der Waals surface area contributed by atoms with Gasteiger partial charge in [0.15, 0.2) is 23.2 Å². The van der Waals surface area contributed by atoms with E-state index in [4.69, 9.17) is 4.74 Å². The van der Waals surface area contributed by atoms with E-state index in [0.29, 0.717) is 0 Å². The lowest BCUT2D eigenvalue weighted by molar-refractivity contribution is 0.231. The molecule has 0 amide bonds. The van der Waals surface area contributed by atoms with Gasteiger partial charge in [0.1, 0.15) is 6.33 Å². The maximum atomic E-state index is 14.6. The molecule has 0 radical (unpaired) electrons. The van der Waals surface area contributed by atoms with Gasteiger partial charge in [-0.25, -0.2) is 17.9 Å². The van der Waals surface area contributed by atoms with E-state index in [0.717, 1.165) is 17.7 Å². The van der Waals surface area contributed by atoms with E-state index < -0.39 is 17.5 Å². The number of hydrogen-bond acceptors (Lipinski definition) is 4. The van der Waals surface area contributed by atoms with E-state index in [2.05, 4.69) is 15.4 Å². The van der Waals surface area contributed by atoms with Gasteiger partial charge in [0.05, 0.1) is 17.5 Å². The molecule has 5 nitrogen and oxygen atoms in total. The molecule has 0 aliphatic heterocycles. The number of aryl methyl sites for hydroxylation is 1. The smallest absolute Gasteiger partial charge is 0.247 e. The molecule has 0 saturated heterocycles. The summed E-state index contributed by atoms with van der Waals surface area (Å²) in [6, 6.07) is 6.55. The van der Waals surface area contributed by atoms with Crippen LogP contribution in [0.5, 0.6) is 5.75 Å². The minimum atomic E-state index is -0.993. The van der Waals surface area contributed by atoms with Gasteiger partial charge in [-0.1, -0.05) is 0 Å². The highest BCUT2D eigenvalue weighted by Gasteiger charge is 2.14. The van der Waals surface area contributed by atoms with Gasteiger partial charge in [0.25, 0.3) is 0 Å². The number of hydrogen-bond donors (Lipinski definition) is 1. The highest BCUT2D eigenvalue weighted by molar-refractivity contribution is 5.59. The summed E-state index contributed by atoms with van der Waals surface area (Å²) in [6.07, 6.45) is 1.14. The molecular formula is C18H17F3N4O. The lowest BCUT2D eigenvalue weighted by Crippen LogP contribution is -2.08. The zero-order valence-corrected chi connectivity index (χ0v) is 14.4. The van der Waals surface area contributed by atoms with Gasteiger partial charge in [-0.2, -0.15) is 4.98 Å². The van der Waals surface area contributed by atoms with Crippen molar-refractivity contribution in [1.82, 2.24) is 14.8 Å². The minimum Gasteiger partial charge on any atom is -0.488 e. The van der Waals surface area contributed by atoms with Gasteiger partial charge >= 0.3 is 0 Å². The maximum absolute atomic E-state index is 14.6. The summed E-state index contributed by atoms with van der Waals surface area (Å²) in [5, 5.41) is 6.88. The van der Waals surface area contributed by atoms with Crippen LogP contribution in [-0.4, -0.2) is 20.9 Å². The molecule has 0 unspecified atom stereocenters. The highest BCUT2D eigenvalue weighted by atomic mass is 19.2. The number of benzene rings is 2. The zero-order valence-electron chi connectivity index (χ0n) is 14.4. The molecule has 26 heavy (non-hydrogen) atoms. The van der Waals surface area contributed by atoms with Gasteiger partial charge in [0, 0.05) is 6.07 Å². The number of ether oxygens (including phenoxy) is 1. The number of halogens is 3. The molecule has 0 saturated carbocycles. The number of rotatable bonds is 5. The SMILES string of the molecule is Cc1cc(Nc2ncn(-c3ccc(F)c(F)c3)n2)c(F)c(OC(C)C)c1. The zero-order chi connectivity index (χ0) is 18.8. The second kappa shape index (κ2) is 7.07. The molecule has 2 aromatic carbocycles. The molecule has 1 aromatic heterocycles. The molecule has 0 spiro atoms.